The maximum absolute atomic E-state index is 11.6. The molecule has 0 aliphatic heterocycles. The van der Waals surface area contributed by atoms with Crippen molar-refractivity contribution in [3.8, 4) is 11.5 Å². The molecule has 0 bridgehead atoms. The van der Waals surface area contributed by atoms with Crippen molar-refractivity contribution >= 4 is 11.6 Å². The first-order valence-corrected chi connectivity index (χ1v) is 7.17. The summed E-state index contributed by atoms with van der Waals surface area (Å²) >= 11 is 0. The van der Waals surface area contributed by atoms with Gasteiger partial charge in [0.25, 0.3) is 0 Å². The molecule has 0 radical (unpaired) electrons. The molecule has 0 fully saturated rings. The van der Waals surface area contributed by atoms with E-state index in [1.54, 1.807) is 24.3 Å². The Morgan fingerprint density at radius 1 is 0.909 bits per heavy atom. The molecule has 0 aromatic heterocycles. The van der Waals surface area contributed by atoms with E-state index in [4.69, 9.17) is 15.2 Å². The van der Waals surface area contributed by atoms with E-state index in [9.17, 15) is 4.79 Å². The van der Waals surface area contributed by atoms with Crippen LogP contribution in [-0.4, -0.2) is 25.7 Å². The minimum Gasteiger partial charge on any atom is -0.493 e. The molecule has 0 aliphatic rings. The molecule has 22 heavy (non-hydrogen) atoms. The van der Waals surface area contributed by atoms with Crippen LogP contribution < -0.4 is 20.5 Å². The number of carbonyl (C=O) groups excluding carboxylic acids is 1. The average molecular weight is 300 g/mol. The van der Waals surface area contributed by atoms with Crippen LogP contribution in [0, 0.1) is 0 Å². The van der Waals surface area contributed by atoms with E-state index in [1.807, 2.05) is 30.3 Å². The van der Waals surface area contributed by atoms with Gasteiger partial charge in [0.05, 0.1) is 19.6 Å². The number of nitrogen functional groups attached to an aromatic ring is 1. The molecule has 3 N–H and O–H groups in total. The lowest BCUT2D eigenvalue weighted by molar-refractivity contribution is -0.121. The second-order valence-corrected chi connectivity index (χ2v) is 4.68. The van der Waals surface area contributed by atoms with Crippen molar-refractivity contribution in [2.75, 3.05) is 25.5 Å². The lowest BCUT2D eigenvalue weighted by Crippen LogP contribution is -2.29. The van der Waals surface area contributed by atoms with E-state index >= 15 is 0 Å². The van der Waals surface area contributed by atoms with Crippen molar-refractivity contribution in [3.63, 3.8) is 0 Å². The molecule has 0 saturated carbocycles. The quantitative estimate of drug-likeness (QED) is 0.579. The van der Waals surface area contributed by atoms with Gasteiger partial charge in [-0.05, 0) is 36.4 Å². The molecule has 0 atom stereocenters. The summed E-state index contributed by atoms with van der Waals surface area (Å²) < 4.78 is 10.9. The van der Waals surface area contributed by atoms with Crippen molar-refractivity contribution in [1.82, 2.24) is 5.32 Å². The Labute approximate surface area is 130 Å². The highest BCUT2D eigenvalue weighted by Gasteiger charge is 2.01. The number of nitrogens with two attached hydrogens (primary N) is 1. The fourth-order valence-corrected chi connectivity index (χ4v) is 1.79. The molecule has 1 amide bonds. The van der Waals surface area contributed by atoms with Gasteiger partial charge in [0.15, 0.2) is 0 Å². The first kappa shape index (κ1) is 15.7. The Balaban J connectivity index is 1.55. The topological polar surface area (TPSA) is 73.6 Å². The second kappa shape index (κ2) is 8.56. The third-order valence-corrected chi connectivity index (χ3v) is 2.91. The molecular weight excluding hydrogens is 280 g/mol. The van der Waals surface area contributed by atoms with Crippen LogP contribution in [0.1, 0.15) is 6.42 Å². The van der Waals surface area contributed by atoms with Crippen LogP contribution in [0.5, 0.6) is 11.5 Å². The molecule has 0 saturated heterocycles. The van der Waals surface area contributed by atoms with Crippen LogP contribution in [0.15, 0.2) is 54.6 Å². The van der Waals surface area contributed by atoms with Crippen molar-refractivity contribution in [2.45, 2.75) is 6.42 Å². The monoisotopic (exact) mass is 300 g/mol. The summed E-state index contributed by atoms with van der Waals surface area (Å²) in [6, 6.07) is 16.6. The van der Waals surface area contributed by atoms with Crippen LogP contribution in [0.25, 0.3) is 0 Å². The van der Waals surface area contributed by atoms with Gasteiger partial charge in [-0.3, -0.25) is 4.79 Å². The van der Waals surface area contributed by atoms with Gasteiger partial charge in [-0.2, -0.15) is 0 Å². The minimum atomic E-state index is -0.0585. The van der Waals surface area contributed by atoms with E-state index in [-0.39, 0.29) is 5.91 Å². The SMILES string of the molecule is Nc1ccc(OCCNC(=O)CCOc2ccccc2)cc1. The zero-order valence-corrected chi connectivity index (χ0v) is 12.3. The predicted octanol–water partition coefficient (Wildman–Crippen LogP) is 2.23. The molecule has 0 heterocycles. The summed E-state index contributed by atoms with van der Waals surface area (Å²) in [6.45, 7) is 1.22. The highest BCUT2D eigenvalue weighted by Crippen LogP contribution is 2.12. The Hall–Kier alpha value is -2.69. The number of hydrogen-bond donors (Lipinski definition) is 2. The number of hydrogen-bond acceptors (Lipinski definition) is 4. The highest BCUT2D eigenvalue weighted by atomic mass is 16.5. The normalized spacial score (nSPS) is 10.0. The van der Waals surface area contributed by atoms with Gasteiger partial charge >= 0.3 is 0 Å². The van der Waals surface area contributed by atoms with E-state index in [0.717, 1.165) is 11.5 Å². The largest absolute Gasteiger partial charge is 0.493 e. The van der Waals surface area contributed by atoms with Gasteiger partial charge in [0.1, 0.15) is 18.1 Å². The van der Waals surface area contributed by atoms with Crippen LogP contribution in [-0.2, 0) is 4.79 Å². The molecule has 2 aromatic rings. The van der Waals surface area contributed by atoms with Gasteiger partial charge in [-0.1, -0.05) is 18.2 Å². The minimum absolute atomic E-state index is 0.0585. The number of amides is 1. The maximum atomic E-state index is 11.6. The highest BCUT2D eigenvalue weighted by molar-refractivity contribution is 5.75. The van der Waals surface area contributed by atoms with Crippen molar-refractivity contribution in [1.29, 1.82) is 0 Å². The lowest BCUT2D eigenvalue weighted by Gasteiger charge is -2.09. The standard InChI is InChI=1S/C17H20N2O3/c18-14-6-8-16(9-7-14)22-13-11-19-17(20)10-12-21-15-4-2-1-3-5-15/h1-9H,10-13,18H2,(H,19,20). The summed E-state index contributed by atoms with van der Waals surface area (Å²) in [7, 11) is 0. The number of benzene rings is 2. The van der Waals surface area contributed by atoms with Crippen LogP contribution in [0.3, 0.4) is 0 Å². The first-order chi connectivity index (χ1) is 10.7. The van der Waals surface area contributed by atoms with Gasteiger partial charge < -0.3 is 20.5 Å². The smallest absolute Gasteiger partial charge is 0.223 e. The molecule has 2 aromatic carbocycles. The summed E-state index contributed by atoms with van der Waals surface area (Å²) in [5.41, 5.74) is 6.28. The molecule has 5 heteroatoms. The Morgan fingerprint density at radius 2 is 1.55 bits per heavy atom. The number of ether oxygens (including phenoxy) is 2. The Morgan fingerprint density at radius 3 is 2.27 bits per heavy atom. The molecule has 2 rings (SSSR count). The average Bonchev–Trinajstić information content (AvgIpc) is 2.54. The number of anilines is 1. The third-order valence-electron chi connectivity index (χ3n) is 2.91. The van der Waals surface area contributed by atoms with Gasteiger partial charge in [-0.25, -0.2) is 0 Å². The van der Waals surface area contributed by atoms with Crippen molar-refractivity contribution in [2.24, 2.45) is 0 Å². The second-order valence-electron chi connectivity index (χ2n) is 4.68. The van der Waals surface area contributed by atoms with E-state index in [1.165, 1.54) is 0 Å². The van der Waals surface area contributed by atoms with Gasteiger partial charge in [0, 0.05) is 5.69 Å². The summed E-state index contributed by atoms with van der Waals surface area (Å²) in [4.78, 5) is 11.6. The number of carbonyl (C=O) groups is 1. The van der Waals surface area contributed by atoms with Crippen molar-refractivity contribution in [3.05, 3.63) is 54.6 Å². The van der Waals surface area contributed by atoms with Crippen LogP contribution in [0.2, 0.25) is 0 Å². The first-order valence-electron chi connectivity index (χ1n) is 7.17. The molecule has 116 valence electrons. The van der Waals surface area contributed by atoms with Gasteiger partial charge in [0.2, 0.25) is 5.91 Å². The molecule has 5 nitrogen and oxygen atoms in total. The Bertz CT molecular complexity index is 570. The fraction of sp³-hybridized carbons (Fsp3) is 0.235. The Kier molecular flexibility index (Phi) is 6.11. The van der Waals surface area contributed by atoms with Crippen molar-refractivity contribution < 1.29 is 14.3 Å². The number of nitrogens with one attached hydrogen (secondary N) is 1. The molecular formula is C17H20N2O3. The number of rotatable bonds is 8. The molecule has 0 aliphatic carbocycles. The fourth-order valence-electron chi connectivity index (χ4n) is 1.79. The van der Waals surface area contributed by atoms with E-state index < -0.39 is 0 Å². The molecule has 0 unspecified atom stereocenters. The van der Waals surface area contributed by atoms with Gasteiger partial charge in [-0.15, -0.1) is 0 Å². The maximum Gasteiger partial charge on any atom is 0.223 e. The van der Waals surface area contributed by atoms with Crippen LogP contribution in [0.4, 0.5) is 5.69 Å². The summed E-state index contributed by atoms with van der Waals surface area (Å²) in [5, 5.41) is 2.78. The summed E-state index contributed by atoms with van der Waals surface area (Å²) in [5.74, 6) is 1.44. The zero-order valence-electron chi connectivity index (χ0n) is 12.3. The van der Waals surface area contributed by atoms with Crippen LogP contribution >= 0.6 is 0 Å². The predicted molar refractivity (Wildman–Crippen MR) is 85.9 cm³/mol. The molecule has 0 spiro atoms. The zero-order chi connectivity index (χ0) is 15.6. The summed E-state index contributed by atoms with van der Waals surface area (Å²) in [6.07, 6.45) is 0.316. The lowest BCUT2D eigenvalue weighted by atomic mass is 10.3. The van der Waals surface area contributed by atoms with E-state index in [2.05, 4.69) is 5.32 Å². The van der Waals surface area contributed by atoms with E-state index in [0.29, 0.717) is 31.9 Å². The number of para-hydroxylation sites is 1. The third kappa shape index (κ3) is 5.75.